The summed E-state index contributed by atoms with van der Waals surface area (Å²) in [6.07, 6.45) is 2.51. The van der Waals surface area contributed by atoms with E-state index in [1.165, 1.54) is 18.9 Å². The second-order valence-electron chi connectivity index (χ2n) is 3.57. The van der Waals surface area contributed by atoms with Crippen LogP contribution in [0.3, 0.4) is 0 Å². The van der Waals surface area contributed by atoms with Crippen molar-refractivity contribution in [1.29, 1.82) is 0 Å². The zero-order valence-corrected chi connectivity index (χ0v) is 12.0. The van der Waals surface area contributed by atoms with Crippen molar-refractivity contribution in [3.05, 3.63) is 34.9 Å². The second-order valence-corrected chi connectivity index (χ2v) is 5.07. The molecular formula is C13H16ClNO2S. The van der Waals surface area contributed by atoms with Crippen LogP contribution in [0.25, 0.3) is 0 Å². The SMILES string of the molecule is CCC(=CCSc1cc(Cl)ccc1N)C(=O)OC. The van der Waals surface area contributed by atoms with Crippen LogP contribution in [0.5, 0.6) is 0 Å². The van der Waals surface area contributed by atoms with E-state index in [-0.39, 0.29) is 5.97 Å². The lowest BCUT2D eigenvalue weighted by Gasteiger charge is -2.05. The maximum Gasteiger partial charge on any atom is 0.333 e. The normalized spacial score (nSPS) is 11.4. The summed E-state index contributed by atoms with van der Waals surface area (Å²) in [6.45, 7) is 1.92. The van der Waals surface area contributed by atoms with Gasteiger partial charge in [0.1, 0.15) is 0 Å². The average Bonchev–Trinajstić information content (AvgIpc) is 2.37. The van der Waals surface area contributed by atoms with E-state index >= 15 is 0 Å². The summed E-state index contributed by atoms with van der Waals surface area (Å²) in [4.78, 5) is 12.3. The number of anilines is 1. The van der Waals surface area contributed by atoms with Gasteiger partial charge in [-0.1, -0.05) is 24.6 Å². The molecule has 0 fully saturated rings. The predicted molar refractivity (Wildman–Crippen MR) is 77.0 cm³/mol. The highest BCUT2D eigenvalue weighted by Crippen LogP contribution is 2.28. The zero-order chi connectivity index (χ0) is 13.5. The van der Waals surface area contributed by atoms with Gasteiger partial charge in [-0.2, -0.15) is 0 Å². The van der Waals surface area contributed by atoms with Crippen molar-refractivity contribution >= 4 is 35.0 Å². The van der Waals surface area contributed by atoms with Gasteiger partial charge in [0.25, 0.3) is 0 Å². The number of hydrogen-bond acceptors (Lipinski definition) is 4. The molecule has 0 bridgehead atoms. The van der Waals surface area contributed by atoms with E-state index in [9.17, 15) is 4.79 Å². The Morgan fingerprint density at radius 2 is 2.28 bits per heavy atom. The molecule has 5 heteroatoms. The molecule has 0 saturated carbocycles. The van der Waals surface area contributed by atoms with Crippen molar-refractivity contribution in [1.82, 2.24) is 0 Å². The molecule has 2 N–H and O–H groups in total. The quantitative estimate of drug-likeness (QED) is 0.389. The third-order valence-corrected chi connectivity index (χ3v) is 3.61. The standard InChI is InChI=1S/C13H16ClNO2S/c1-3-9(13(16)17-2)6-7-18-12-8-10(14)4-5-11(12)15/h4-6,8H,3,7,15H2,1-2H3. The number of rotatable bonds is 5. The Hall–Kier alpha value is -1.13. The van der Waals surface area contributed by atoms with Gasteiger partial charge in [0.05, 0.1) is 7.11 Å². The summed E-state index contributed by atoms with van der Waals surface area (Å²) in [5.41, 5.74) is 7.19. The van der Waals surface area contributed by atoms with E-state index in [0.717, 1.165) is 4.90 Å². The predicted octanol–water partition coefficient (Wildman–Crippen LogP) is 3.52. The number of halogens is 1. The molecule has 0 heterocycles. The summed E-state index contributed by atoms with van der Waals surface area (Å²) >= 11 is 7.44. The van der Waals surface area contributed by atoms with Crippen molar-refractivity contribution in [3.8, 4) is 0 Å². The van der Waals surface area contributed by atoms with Crippen molar-refractivity contribution in [2.45, 2.75) is 18.2 Å². The van der Waals surface area contributed by atoms with Crippen LogP contribution in [-0.2, 0) is 9.53 Å². The first-order valence-corrected chi connectivity index (χ1v) is 6.90. The van der Waals surface area contributed by atoms with E-state index < -0.39 is 0 Å². The summed E-state index contributed by atoms with van der Waals surface area (Å²) in [7, 11) is 1.38. The number of thioether (sulfide) groups is 1. The number of ether oxygens (including phenoxy) is 1. The number of nitrogens with two attached hydrogens (primary N) is 1. The third-order valence-electron chi connectivity index (χ3n) is 2.37. The smallest absolute Gasteiger partial charge is 0.333 e. The van der Waals surface area contributed by atoms with Crippen LogP contribution < -0.4 is 5.73 Å². The number of methoxy groups -OCH3 is 1. The Kier molecular flexibility index (Phi) is 6.09. The molecule has 0 unspecified atom stereocenters. The molecule has 0 aliphatic carbocycles. The molecule has 18 heavy (non-hydrogen) atoms. The van der Waals surface area contributed by atoms with Crippen LogP contribution in [0.4, 0.5) is 5.69 Å². The Morgan fingerprint density at radius 3 is 2.89 bits per heavy atom. The van der Waals surface area contributed by atoms with Gasteiger partial charge in [-0.3, -0.25) is 0 Å². The molecule has 0 amide bonds. The van der Waals surface area contributed by atoms with Gasteiger partial charge in [0.2, 0.25) is 0 Å². The van der Waals surface area contributed by atoms with Gasteiger partial charge in [-0.15, -0.1) is 11.8 Å². The van der Waals surface area contributed by atoms with Crippen molar-refractivity contribution in [2.75, 3.05) is 18.6 Å². The second kappa shape index (κ2) is 7.34. The summed E-state index contributed by atoms with van der Waals surface area (Å²) in [5, 5.41) is 0.652. The highest BCUT2D eigenvalue weighted by atomic mass is 35.5. The highest BCUT2D eigenvalue weighted by molar-refractivity contribution is 7.99. The Balaban J connectivity index is 2.67. The van der Waals surface area contributed by atoms with Crippen LogP contribution in [0.1, 0.15) is 13.3 Å². The maximum absolute atomic E-state index is 11.4. The topological polar surface area (TPSA) is 52.3 Å². The van der Waals surface area contributed by atoms with E-state index in [1.807, 2.05) is 19.1 Å². The van der Waals surface area contributed by atoms with Gasteiger partial charge in [-0.25, -0.2) is 4.79 Å². The molecule has 1 aromatic rings. The molecule has 0 aromatic heterocycles. The lowest BCUT2D eigenvalue weighted by Crippen LogP contribution is -2.04. The van der Waals surface area contributed by atoms with Crippen molar-refractivity contribution in [2.24, 2.45) is 0 Å². The molecule has 1 aromatic carbocycles. The maximum atomic E-state index is 11.4. The van der Waals surface area contributed by atoms with Crippen LogP contribution in [0, 0.1) is 0 Å². The third kappa shape index (κ3) is 4.27. The molecule has 98 valence electrons. The molecule has 0 spiro atoms. The number of hydrogen-bond donors (Lipinski definition) is 1. The first-order valence-electron chi connectivity index (χ1n) is 5.53. The fraction of sp³-hybridized carbons (Fsp3) is 0.308. The molecule has 3 nitrogen and oxygen atoms in total. The summed E-state index contributed by atoms with van der Waals surface area (Å²) in [5.74, 6) is 0.375. The zero-order valence-electron chi connectivity index (χ0n) is 10.4. The fourth-order valence-corrected chi connectivity index (χ4v) is 2.51. The minimum Gasteiger partial charge on any atom is -0.466 e. The Labute approximate surface area is 116 Å². The fourth-order valence-electron chi connectivity index (χ4n) is 1.37. The molecule has 0 radical (unpaired) electrons. The monoisotopic (exact) mass is 285 g/mol. The van der Waals surface area contributed by atoms with Crippen LogP contribution in [0.15, 0.2) is 34.7 Å². The van der Waals surface area contributed by atoms with Gasteiger partial charge in [0.15, 0.2) is 0 Å². The molecule has 0 atom stereocenters. The lowest BCUT2D eigenvalue weighted by atomic mass is 10.2. The number of nitrogen functional groups attached to an aromatic ring is 1. The number of esters is 1. The van der Waals surface area contributed by atoms with Crippen molar-refractivity contribution < 1.29 is 9.53 Å². The number of benzene rings is 1. The summed E-state index contributed by atoms with van der Waals surface area (Å²) < 4.78 is 4.69. The van der Waals surface area contributed by atoms with Crippen LogP contribution in [-0.4, -0.2) is 18.8 Å². The van der Waals surface area contributed by atoms with Gasteiger partial charge < -0.3 is 10.5 Å². The van der Waals surface area contributed by atoms with E-state index in [2.05, 4.69) is 4.74 Å². The molecule has 0 aliphatic rings. The molecule has 0 saturated heterocycles. The number of carbonyl (C=O) groups excluding carboxylic acids is 1. The van der Waals surface area contributed by atoms with E-state index in [1.54, 1.807) is 12.1 Å². The van der Waals surface area contributed by atoms with E-state index in [4.69, 9.17) is 17.3 Å². The lowest BCUT2D eigenvalue weighted by molar-refractivity contribution is -0.136. The summed E-state index contributed by atoms with van der Waals surface area (Å²) in [6, 6.07) is 5.34. The van der Waals surface area contributed by atoms with Gasteiger partial charge >= 0.3 is 5.97 Å². The number of carbonyl (C=O) groups is 1. The van der Waals surface area contributed by atoms with Crippen molar-refractivity contribution in [3.63, 3.8) is 0 Å². The molecule has 1 rings (SSSR count). The van der Waals surface area contributed by atoms with Gasteiger partial charge in [0, 0.05) is 26.9 Å². The molecule has 0 aliphatic heterocycles. The first-order chi connectivity index (χ1) is 8.58. The first kappa shape index (κ1) is 14.9. The molecular weight excluding hydrogens is 270 g/mol. The highest BCUT2D eigenvalue weighted by Gasteiger charge is 2.06. The van der Waals surface area contributed by atoms with Gasteiger partial charge in [-0.05, 0) is 24.6 Å². The average molecular weight is 286 g/mol. The van der Waals surface area contributed by atoms with E-state index in [0.29, 0.717) is 28.5 Å². The minimum absolute atomic E-state index is 0.280. The van der Waals surface area contributed by atoms with Crippen LogP contribution >= 0.6 is 23.4 Å². The Morgan fingerprint density at radius 1 is 1.56 bits per heavy atom. The Bertz CT molecular complexity index is 460. The largest absolute Gasteiger partial charge is 0.466 e. The minimum atomic E-state index is -0.280. The van der Waals surface area contributed by atoms with Crippen LogP contribution in [0.2, 0.25) is 5.02 Å².